The molecule has 1 aliphatic carbocycles. The lowest BCUT2D eigenvalue weighted by Crippen LogP contribution is -2.46. The van der Waals surface area contributed by atoms with Crippen molar-refractivity contribution >= 4 is 23.8 Å². The normalized spacial score (nSPS) is 20.1. The van der Waals surface area contributed by atoms with Crippen LogP contribution in [0, 0.1) is 11.6 Å². The number of halogens is 5. The predicted molar refractivity (Wildman–Crippen MR) is 138 cm³/mol. The number of alkyl carbamates (subject to hydrolysis) is 1. The van der Waals surface area contributed by atoms with Crippen molar-refractivity contribution < 1.29 is 45.9 Å². The molecule has 0 bridgehead atoms. The van der Waals surface area contributed by atoms with E-state index >= 15 is 4.39 Å². The molecule has 1 fully saturated rings. The fourth-order valence-corrected chi connectivity index (χ4v) is 5.46. The molecule has 3 N–H and O–H groups in total. The van der Waals surface area contributed by atoms with E-state index in [9.17, 15) is 36.7 Å². The van der Waals surface area contributed by atoms with Crippen molar-refractivity contribution in [2.75, 3.05) is 0 Å². The first kappa shape index (κ1) is 29.7. The quantitative estimate of drug-likeness (QED) is 0.377. The average Bonchev–Trinajstić information content (AvgIpc) is 3.57. The highest BCUT2D eigenvalue weighted by molar-refractivity contribution is 6.04. The number of aromatic nitrogens is 2. The van der Waals surface area contributed by atoms with Crippen molar-refractivity contribution in [3.63, 3.8) is 0 Å². The van der Waals surface area contributed by atoms with Gasteiger partial charge in [-0.2, -0.15) is 18.3 Å². The molecule has 0 radical (unpaired) electrons. The molecule has 10 nitrogen and oxygen atoms in total. The van der Waals surface area contributed by atoms with Crippen LogP contribution in [0.3, 0.4) is 0 Å². The maximum Gasteiger partial charge on any atom is 0.415 e. The zero-order chi connectivity index (χ0) is 31.3. The fraction of sp³-hybridized carbons (Fsp3) is 0.321. The number of hydrogen-bond donors (Lipinski definition) is 2. The third-order valence-electron chi connectivity index (χ3n) is 7.61. The van der Waals surface area contributed by atoms with E-state index in [0.717, 1.165) is 25.1 Å². The number of alkyl halides is 3. The second kappa shape index (κ2) is 10.8. The van der Waals surface area contributed by atoms with E-state index in [4.69, 9.17) is 10.5 Å². The number of imide groups is 1. The lowest BCUT2D eigenvalue weighted by Gasteiger charge is -2.32. The molecule has 2 aliphatic rings. The zero-order valence-electron chi connectivity index (χ0n) is 22.5. The highest BCUT2D eigenvalue weighted by Crippen LogP contribution is 2.52. The van der Waals surface area contributed by atoms with Crippen molar-refractivity contribution in [1.82, 2.24) is 20.0 Å². The van der Waals surface area contributed by atoms with Gasteiger partial charge in [-0.15, -0.1) is 0 Å². The molecule has 1 aromatic heterocycles. The van der Waals surface area contributed by atoms with Gasteiger partial charge in [0.15, 0.2) is 0 Å². The number of fused-ring (bicyclic) bond motifs is 2. The molecule has 1 aliphatic heterocycles. The predicted octanol–water partition coefficient (Wildman–Crippen LogP) is 3.63. The van der Waals surface area contributed by atoms with Gasteiger partial charge in [0.25, 0.3) is 5.91 Å². The van der Waals surface area contributed by atoms with Crippen LogP contribution in [-0.2, 0) is 37.8 Å². The van der Waals surface area contributed by atoms with Crippen LogP contribution < -0.4 is 11.1 Å². The Morgan fingerprint density at radius 1 is 1.21 bits per heavy atom. The summed E-state index contributed by atoms with van der Waals surface area (Å²) >= 11 is 0. The van der Waals surface area contributed by atoms with E-state index in [1.807, 2.05) is 5.32 Å². The van der Waals surface area contributed by atoms with E-state index in [0.29, 0.717) is 4.90 Å². The molecule has 3 atom stereocenters. The smallest absolute Gasteiger partial charge is 0.415 e. The zero-order valence-corrected chi connectivity index (χ0v) is 22.5. The van der Waals surface area contributed by atoms with E-state index < -0.39 is 72.2 Å². The highest BCUT2D eigenvalue weighted by Gasteiger charge is 2.58. The summed E-state index contributed by atoms with van der Waals surface area (Å²) in [5, 5.41) is 5.96. The van der Waals surface area contributed by atoms with Gasteiger partial charge in [0.1, 0.15) is 24.2 Å². The van der Waals surface area contributed by atoms with Gasteiger partial charge in [0.2, 0.25) is 17.4 Å². The molecule has 1 spiro atoms. The number of rotatable bonds is 8. The van der Waals surface area contributed by atoms with Gasteiger partial charge in [-0.25, -0.2) is 13.6 Å². The molecule has 3 aromatic rings. The van der Waals surface area contributed by atoms with Crippen LogP contribution in [0.5, 0.6) is 0 Å². The van der Waals surface area contributed by atoms with Crippen molar-refractivity contribution in [2.45, 2.75) is 56.6 Å². The van der Waals surface area contributed by atoms with Crippen LogP contribution in [0.1, 0.15) is 42.4 Å². The van der Waals surface area contributed by atoms with Crippen LogP contribution in [0.4, 0.5) is 26.7 Å². The maximum atomic E-state index is 15.5. The first-order valence-corrected chi connectivity index (χ1v) is 13.0. The lowest BCUT2D eigenvalue weighted by molar-refractivity contribution is -0.187. The van der Waals surface area contributed by atoms with Gasteiger partial charge in [-0.1, -0.05) is 12.1 Å². The Morgan fingerprint density at radius 3 is 2.51 bits per heavy atom. The maximum absolute atomic E-state index is 15.5. The second-order valence-corrected chi connectivity index (χ2v) is 10.5. The fourth-order valence-electron chi connectivity index (χ4n) is 5.46. The summed E-state index contributed by atoms with van der Waals surface area (Å²) < 4.78 is 76.9. The van der Waals surface area contributed by atoms with Gasteiger partial charge in [0.05, 0.1) is 6.20 Å². The molecule has 2 aromatic carbocycles. The van der Waals surface area contributed by atoms with Crippen molar-refractivity contribution in [2.24, 2.45) is 5.73 Å². The number of benzene rings is 2. The van der Waals surface area contributed by atoms with Gasteiger partial charge in [-0.05, 0) is 48.2 Å². The number of nitrogens with two attached hydrogens (primary N) is 1. The summed E-state index contributed by atoms with van der Waals surface area (Å²) in [5.74, 6) is -4.98. The summed E-state index contributed by atoms with van der Waals surface area (Å²) in [7, 11) is 0. The Kier molecular flexibility index (Phi) is 7.44. The summed E-state index contributed by atoms with van der Waals surface area (Å²) in [6.45, 7) is 0.0345. The van der Waals surface area contributed by atoms with Crippen molar-refractivity contribution in [3.05, 3.63) is 77.1 Å². The second-order valence-electron chi connectivity index (χ2n) is 10.5. The van der Waals surface area contributed by atoms with Crippen LogP contribution in [0.2, 0.25) is 0 Å². The topological polar surface area (TPSA) is 137 Å². The molecule has 43 heavy (non-hydrogen) atoms. The third kappa shape index (κ3) is 5.66. The number of carbonyl (C=O) groups excluding carboxylic acids is 4. The Bertz CT molecular complexity index is 1620. The Labute approximate surface area is 240 Å². The minimum absolute atomic E-state index is 0.0412. The number of carbonyl (C=O) groups is 4. The number of ether oxygens (including phenoxy) is 1. The molecular formula is C28H24F5N5O5. The summed E-state index contributed by atoms with van der Waals surface area (Å²) in [5.41, 5.74) is 3.76. The largest absolute Gasteiger partial charge is 0.427 e. The van der Waals surface area contributed by atoms with Crippen molar-refractivity contribution in [3.8, 4) is 11.1 Å². The number of nitrogens with zero attached hydrogens (tertiary/aromatic N) is 3. The van der Waals surface area contributed by atoms with E-state index in [2.05, 4.69) is 5.10 Å². The molecule has 1 saturated heterocycles. The molecule has 4 amide bonds. The van der Waals surface area contributed by atoms with Crippen LogP contribution >= 0.6 is 0 Å². The monoisotopic (exact) mass is 605 g/mol. The molecule has 226 valence electrons. The van der Waals surface area contributed by atoms with Crippen molar-refractivity contribution in [1.29, 1.82) is 0 Å². The van der Waals surface area contributed by atoms with Gasteiger partial charge in [0, 0.05) is 42.3 Å². The van der Waals surface area contributed by atoms with E-state index in [-0.39, 0.29) is 40.8 Å². The number of amides is 4. The Balaban J connectivity index is 1.53. The lowest BCUT2D eigenvalue weighted by atomic mass is 9.93. The number of hydrogen-bond acceptors (Lipinski definition) is 6. The first-order valence-electron chi connectivity index (χ1n) is 13.0. The highest BCUT2D eigenvalue weighted by atomic mass is 19.4. The van der Waals surface area contributed by atoms with Crippen LogP contribution in [0.15, 0.2) is 48.8 Å². The summed E-state index contributed by atoms with van der Waals surface area (Å²) in [4.78, 5) is 50.3. The average molecular weight is 606 g/mol. The summed E-state index contributed by atoms with van der Waals surface area (Å²) in [6.07, 6.45) is -4.18. The Morgan fingerprint density at radius 2 is 1.91 bits per heavy atom. The molecule has 2 unspecified atom stereocenters. The number of nitrogens with one attached hydrogen (secondary N) is 1. The van der Waals surface area contributed by atoms with E-state index in [1.165, 1.54) is 35.3 Å². The first-order chi connectivity index (χ1) is 20.2. The van der Waals surface area contributed by atoms with E-state index in [1.54, 1.807) is 0 Å². The number of primary amides is 1. The van der Waals surface area contributed by atoms with Crippen LogP contribution in [0.25, 0.3) is 11.1 Å². The SMILES string of the molecule is C[C@H](N(Cc1ccc(F)cc1)C(=O)CC1CC2(OC(=O)NC2=O)c2cc(F)c(-c3cnn(CC(N)=O)c3)cc21)C(F)(F)F. The molecule has 5 rings (SSSR count). The van der Waals surface area contributed by atoms with Gasteiger partial charge >= 0.3 is 12.3 Å². The minimum atomic E-state index is -4.80. The van der Waals surface area contributed by atoms with Gasteiger partial charge in [-0.3, -0.25) is 24.4 Å². The minimum Gasteiger partial charge on any atom is -0.427 e. The molecule has 15 heteroatoms. The Hall–Kier alpha value is -4.82. The standard InChI is InChI=1S/C28H24F5N5O5/c1-14(28(31,32)33)38(11-15-2-4-18(29)5-3-15)24(40)6-16-9-27(25(41)36-26(42)43-27)21-8-22(30)20(7-19(16)21)17-10-35-37(12-17)13-23(34)39/h2-5,7-8,10,12,14,16H,6,9,11,13H2,1H3,(H2,34,39)(H,36,41,42)/t14-,16?,27?/m0/s1. The third-order valence-corrected chi connectivity index (χ3v) is 7.61. The molecule has 2 heterocycles. The molecule has 0 saturated carbocycles. The summed E-state index contributed by atoms with van der Waals surface area (Å²) in [6, 6.07) is 4.70. The van der Waals surface area contributed by atoms with Crippen LogP contribution in [-0.4, -0.2) is 50.7 Å². The van der Waals surface area contributed by atoms with Gasteiger partial charge < -0.3 is 15.4 Å². The molecular weight excluding hydrogens is 581 g/mol.